The summed E-state index contributed by atoms with van der Waals surface area (Å²) in [5.74, 6) is 0.449. The fourth-order valence-electron chi connectivity index (χ4n) is 2.85. The highest BCUT2D eigenvalue weighted by Gasteiger charge is 2.33. The highest BCUT2D eigenvalue weighted by atomic mass is 35.5. The van der Waals surface area contributed by atoms with Crippen molar-refractivity contribution in [2.75, 3.05) is 4.90 Å². The van der Waals surface area contributed by atoms with Gasteiger partial charge in [-0.05, 0) is 36.4 Å². The first-order valence-electron chi connectivity index (χ1n) is 8.31. The fourth-order valence-corrected chi connectivity index (χ4v) is 4.31. The van der Waals surface area contributed by atoms with Gasteiger partial charge in [0.25, 0.3) is 11.6 Å². The number of carbonyl (C=O) groups excluding carboxylic acids is 1. The molecule has 1 amide bonds. The summed E-state index contributed by atoms with van der Waals surface area (Å²) in [4.78, 5) is 25.4. The van der Waals surface area contributed by atoms with Crippen molar-refractivity contribution >= 4 is 63.3 Å². The monoisotopic (exact) mass is 442 g/mol. The molecule has 1 fully saturated rings. The Balaban J connectivity index is 1.64. The van der Waals surface area contributed by atoms with Crippen LogP contribution in [0, 0.1) is 10.1 Å². The quantitative estimate of drug-likeness (QED) is 0.216. The van der Waals surface area contributed by atoms with E-state index in [4.69, 9.17) is 28.2 Å². The lowest BCUT2D eigenvalue weighted by Crippen LogP contribution is -2.27. The van der Waals surface area contributed by atoms with Gasteiger partial charge in [0.1, 0.15) is 11.5 Å². The number of rotatable bonds is 4. The third-order valence-corrected chi connectivity index (χ3v) is 5.66. The first-order chi connectivity index (χ1) is 13.9. The van der Waals surface area contributed by atoms with Crippen molar-refractivity contribution in [2.24, 2.45) is 0 Å². The molecule has 1 saturated heterocycles. The lowest BCUT2D eigenvalue weighted by atomic mass is 10.1. The van der Waals surface area contributed by atoms with Crippen LogP contribution in [0.4, 0.5) is 11.4 Å². The maximum Gasteiger partial charge on any atom is 0.280 e. The second-order valence-corrected chi connectivity index (χ2v) is 8.09. The summed E-state index contributed by atoms with van der Waals surface area (Å²) >= 11 is 12.5. The van der Waals surface area contributed by atoms with Crippen LogP contribution < -0.4 is 4.90 Å². The van der Waals surface area contributed by atoms with Crippen LogP contribution in [0.25, 0.3) is 17.4 Å². The average molecular weight is 443 g/mol. The molecule has 1 aliphatic rings. The number of nitro benzene ring substituents is 1. The molecule has 9 heteroatoms. The van der Waals surface area contributed by atoms with E-state index in [2.05, 4.69) is 0 Å². The minimum atomic E-state index is -0.465. The largest absolute Gasteiger partial charge is 0.456 e. The van der Waals surface area contributed by atoms with E-state index in [0.717, 1.165) is 11.8 Å². The molecule has 0 N–H and O–H groups in total. The summed E-state index contributed by atoms with van der Waals surface area (Å²) in [5, 5.41) is 11.7. The summed E-state index contributed by atoms with van der Waals surface area (Å²) in [6, 6.07) is 16.5. The number of thioether (sulfide) groups is 1. The molecule has 3 aromatic rings. The van der Waals surface area contributed by atoms with Crippen LogP contribution in [-0.4, -0.2) is 15.2 Å². The number of amides is 1. The first-order valence-corrected chi connectivity index (χ1v) is 9.91. The maximum absolute atomic E-state index is 12.8. The number of thiocarbonyl (C=S) groups is 1. The van der Waals surface area contributed by atoms with E-state index in [0.29, 0.717) is 37.0 Å². The molecule has 6 nitrogen and oxygen atoms in total. The van der Waals surface area contributed by atoms with Crippen molar-refractivity contribution in [3.63, 3.8) is 0 Å². The standard InChI is InChI=1S/C20H11ClN2O4S2/c21-12-4-3-5-13(10-12)22-19(24)18(29-20(22)28)11-14-8-9-17(27-14)15-6-1-2-7-16(15)23(25)26/h1-11H. The number of hydrogen-bond donors (Lipinski definition) is 0. The van der Waals surface area contributed by atoms with Crippen molar-refractivity contribution in [3.05, 3.63) is 86.5 Å². The number of carbonyl (C=O) groups is 1. The lowest BCUT2D eigenvalue weighted by Gasteiger charge is -2.14. The Bertz CT molecular complexity index is 1190. The minimum Gasteiger partial charge on any atom is -0.456 e. The van der Waals surface area contributed by atoms with E-state index in [1.54, 1.807) is 60.7 Å². The van der Waals surface area contributed by atoms with E-state index in [1.165, 1.54) is 11.0 Å². The van der Waals surface area contributed by atoms with Crippen molar-refractivity contribution in [1.82, 2.24) is 0 Å². The Kier molecular flexibility index (Phi) is 5.23. The normalized spacial score (nSPS) is 15.3. The smallest absolute Gasteiger partial charge is 0.280 e. The molecule has 1 aromatic heterocycles. The van der Waals surface area contributed by atoms with Crippen LogP contribution in [0.1, 0.15) is 5.76 Å². The van der Waals surface area contributed by atoms with Crippen LogP contribution in [-0.2, 0) is 4.79 Å². The molecular formula is C20H11ClN2O4S2. The Morgan fingerprint density at radius 2 is 1.93 bits per heavy atom. The molecule has 2 heterocycles. The topological polar surface area (TPSA) is 76.6 Å². The predicted octanol–water partition coefficient (Wildman–Crippen LogP) is 5.91. The second-order valence-electron chi connectivity index (χ2n) is 5.97. The van der Waals surface area contributed by atoms with Crippen molar-refractivity contribution in [2.45, 2.75) is 0 Å². The molecule has 0 spiro atoms. The Morgan fingerprint density at radius 1 is 1.14 bits per heavy atom. The summed E-state index contributed by atoms with van der Waals surface area (Å²) < 4.78 is 6.12. The SMILES string of the molecule is O=C1C(=Cc2ccc(-c3ccccc3[N+](=O)[O-])o2)SC(=S)N1c1cccc(Cl)c1. The number of para-hydroxylation sites is 1. The Morgan fingerprint density at radius 3 is 2.69 bits per heavy atom. The zero-order valence-electron chi connectivity index (χ0n) is 14.6. The van der Waals surface area contributed by atoms with Gasteiger partial charge in [0.05, 0.1) is 21.1 Å². The van der Waals surface area contributed by atoms with Gasteiger partial charge in [0.15, 0.2) is 4.32 Å². The zero-order valence-corrected chi connectivity index (χ0v) is 17.0. The van der Waals surface area contributed by atoms with Gasteiger partial charge in [0.2, 0.25) is 0 Å². The number of benzene rings is 2. The first kappa shape index (κ1) is 19.4. The maximum atomic E-state index is 12.8. The molecule has 2 aromatic carbocycles. The van der Waals surface area contributed by atoms with Gasteiger partial charge in [-0.2, -0.15) is 0 Å². The van der Waals surface area contributed by atoms with Crippen LogP contribution in [0.3, 0.4) is 0 Å². The lowest BCUT2D eigenvalue weighted by molar-refractivity contribution is -0.384. The highest BCUT2D eigenvalue weighted by Crippen LogP contribution is 2.38. The molecular weight excluding hydrogens is 432 g/mol. The number of nitro groups is 1. The summed E-state index contributed by atoms with van der Waals surface area (Å²) in [6.45, 7) is 0. The van der Waals surface area contributed by atoms with Gasteiger partial charge in [0, 0.05) is 17.2 Å². The van der Waals surface area contributed by atoms with Gasteiger partial charge in [-0.15, -0.1) is 0 Å². The van der Waals surface area contributed by atoms with E-state index in [1.807, 2.05) is 0 Å². The van der Waals surface area contributed by atoms with Crippen LogP contribution in [0.15, 0.2) is 70.0 Å². The fraction of sp³-hybridized carbons (Fsp3) is 0. The molecule has 0 unspecified atom stereocenters. The number of nitrogens with zero attached hydrogens (tertiary/aromatic N) is 2. The molecule has 29 heavy (non-hydrogen) atoms. The predicted molar refractivity (Wildman–Crippen MR) is 118 cm³/mol. The van der Waals surface area contributed by atoms with Crippen LogP contribution in [0.2, 0.25) is 5.02 Å². The third-order valence-electron chi connectivity index (χ3n) is 4.13. The van der Waals surface area contributed by atoms with Gasteiger partial charge >= 0.3 is 0 Å². The summed E-state index contributed by atoms with van der Waals surface area (Å²) in [5.41, 5.74) is 0.896. The van der Waals surface area contributed by atoms with Crippen molar-refractivity contribution < 1.29 is 14.1 Å². The third kappa shape index (κ3) is 3.82. The number of halogens is 1. The minimum absolute atomic E-state index is 0.0549. The van der Waals surface area contributed by atoms with Gasteiger partial charge in [-0.25, -0.2) is 0 Å². The molecule has 0 aliphatic carbocycles. The van der Waals surface area contributed by atoms with Gasteiger partial charge in [-0.3, -0.25) is 19.8 Å². The Labute approximate surface area is 179 Å². The van der Waals surface area contributed by atoms with Crippen molar-refractivity contribution in [1.29, 1.82) is 0 Å². The number of hydrogen-bond acceptors (Lipinski definition) is 6. The van der Waals surface area contributed by atoms with E-state index in [-0.39, 0.29) is 11.6 Å². The van der Waals surface area contributed by atoms with E-state index >= 15 is 0 Å². The second kappa shape index (κ2) is 7.82. The van der Waals surface area contributed by atoms with Crippen molar-refractivity contribution in [3.8, 4) is 11.3 Å². The number of anilines is 1. The summed E-state index contributed by atoms with van der Waals surface area (Å²) in [7, 11) is 0. The van der Waals surface area contributed by atoms with E-state index < -0.39 is 4.92 Å². The molecule has 1 aliphatic heterocycles. The van der Waals surface area contributed by atoms with Gasteiger partial charge in [-0.1, -0.05) is 53.8 Å². The van der Waals surface area contributed by atoms with Crippen LogP contribution in [0.5, 0.6) is 0 Å². The van der Waals surface area contributed by atoms with Gasteiger partial charge < -0.3 is 4.42 Å². The number of furan rings is 1. The summed E-state index contributed by atoms with van der Waals surface area (Å²) in [6.07, 6.45) is 1.57. The van der Waals surface area contributed by atoms with Crippen LogP contribution >= 0.6 is 35.6 Å². The Hall–Kier alpha value is -2.94. The molecule has 0 saturated carbocycles. The highest BCUT2D eigenvalue weighted by molar-refractivity contribution is 8.27. The molecule has 0 bridgehead atoms. The average Bonchev–Trinajstić information content (AvgIpc) is 3.26. The molecule has 0 atom stereocenters. The van der Waals surface area contributed by atoms with E-state index in [9.17, 15) is 14.9 Å². The molecule has 0 radical (unpaired) electrons. The zero-order chi connectivity index (χ0) is 20.5. The molecule has 4 rings (SSSR count). The molecule has 144 valence electrons.